The number of amides is 1. The molecule has 0 saturated heterocycles. The molecule has 1 aliphatic carbocycles. The Morgan fingerprint density at radius 1 is 1.33 bits per heavy atom. The molecule has 1 fully saturated rings. The summed E-state index contributed by atoms with van der Waals surface area (Å²) < 4.78 is 0. The van der Waals surface area contributed by atoms with Gasteiger partial charge in [0.15, 0.2) is 0 Å². The van der Waals surface area contributed by atoms with E-state index in [4.69, 9.17) is 5.73 Å². The number of hydrogen-bond acceptors (Lipinski definition) is 2. The molecule has 0 atom stereocenters. The molecule has 3 nitrogen and oxygen atoms in total. The van der Waals surface area contributed by atoms with E-state index in [2.05, 4.69) is 12.2 Å². The number of primary amides is 1. The Bertz CT molecular complexity index is 218. The summed E-state index contributed by atoms with van der Waals surface area (Å²) in [6.07, 6.45) is 5.21. The zero-order valence-corrected chi connectivity index (χ0v) is 10.2. The van der Waals surface area contributed by atoms with Crippen LogP contribution in [0.3, 0.4) is 0 Å². The highest BCUT2D eigenvalue weighted by atomic mass is 16.1. The molecule has 3 heteroatoms. The lowest BCUT2D eigenvalue weighted by molar-refractivity contribution is -0.123. The van der Waals surface area contributed by atoms with Crippen LogP contribution in [0.2, 0.25) is 0 Å². The molecule has 1 rings (SSSR count). The third-order valence-corrected chi connectivity index (χ3v) is 3.58. The SMILES string of the molecule is CC1CCC(CNC(C)(C)C(N)=O)CC1. The summed E-state index contributed by atoms with van der Waals surface area (Å²) in [4.78, 5) is 11.1. The smallest absolute Gasteiger partial charge is 0.237 e. The van der Waals surface area contributed by atoms with Gasteiger partial charge < -0.3 is 11.1 Å². The van der Waals surface area contributed by atoms with Crippen molar-refractivity contribution in [2.75, 3.05) is 6.54 Å². The maximum absolute atomic E-state index is 11.1. The average molecular weight is 212 g/mol. The minimum absolute atomic E-state index is 0.272. The number of carbonyl (C=O) groups excluding carboxylic acids is 1. The molecule has 3 N–H and O–H groups in total. The molecule has 1 amide bonds. The first-order valence-corrected chi connectivity index (χ1v) is 5.96. The van der Waals surface area contributed by atoms with Crippen molar-refractivity contribution in [2.45, 2.75) is 52.0 Å². The van der Waals surface area contributed by atoms with E-state index < -0.39 is 5.54 Å². The van der Waals surface area contributed by atoms with Crippen LogP contribution in [0.4, 0.5) is 0 Å². The van der Waals surface area contributed by atoms with Gasteiger partial charge in [-0.25, -0.2) is 0 Å². The third-order valence-electron chi connectivity index (χ3n) is 3.58. The Morgan fingerprint density at radius 3 is 2.33 bits per heavy atom. The van der Waals surface area contributed by atoms with E-state index >= 15 is 0 Å². The lowest BCUT2D eigenvalue weighted by Crippen LogP contribution is -2.52. The standard InChI is InChI=1S/C12H24N2O/c1-9-4-6-10(7-5-9)8-14-12(2,3)11(13)15/h9-10,14H,4-8H2,1-3H3,(H2,13,15). The van der Waals surface area contributed by atoms with Crippen LogP contribution in [0.5, 0.6) is 0 Å². The molecular formula is C12H24N2O. The van der Waals surface area contributed by atoms with E-state index in [-0.39, 0.29) is 5.91 Å². The topological polar surface area (TPSA) is 55.1 Å². The molecule has 0 aromatic rings. The Hall–Kier alpha value is -0.570. The van der Waals surface area contributed by atoms with Crippen molar-refractivity contribution in [2.24, 2.45) is 17.6 Å². The summed E-state index contributed by atoms with van der Waals surface area (Å²) >= 11 is 0. The minimum Gasteiger partial charge on any atom is -0.368 e. The van der Waals surface area contributed by atoms with E-state index in [9.17, 15) is 4.79 Å². The van der Waals surface area contributed by atoms with Gasteiger partial charge >= 0.3 is 0 Å². The molecule has 15 heavy (non-hydrogen) atoms. The van der Waals surface area contributed by atoms with Crippen molar-refractivity contribution in [1.82, 2.24) is 5.32 Å². The number of nitrogens with one attached hydrogen (secondary N) is 1. The highest BCUT2D eigenvalue weighted by Gasteiger charge is 2.26. The number of carbonyl (C=O) groups is 1. The number of hydrogen-bond donors (Lipinski definition) is 2. The van der Waals surface area contributed by atoms with Crippen LogP contribution in [0.15, 0.2) is 0 Å². The fourth-order valence-corrected chi connectivity index (χ4v) is 2.02. The van der Waals surface area contributed by atoms with Gasteiger partial charge in [-0.2, -0.15) is 0 Å². The predicted molar refractivity (Wildman–Crippen MR) is 62.4 cm³/mol. The highest BCUT2D eigenvalue weighted by molar-refractivity contribution is 5.83. The average Bonchev–Trinajstić information content (AvgIpc) is 2.17. The summed E-state index contributed by atoms with van der Waals surface area (Å²) in [5, 5.41) is 3.27. The van der Waals surface area contributed by atoms with E-state index in [1.807, 2.05) is 13.8 Å². The Kier molecular flexibility index (Phi) is 4.14. The maximum Gasteiger partial charge on any atom is 0.237 e. The summed E-state index contributed by atoms with van der Waals surface area (Å²) in [7, 11) is 0. The molecule has 0 aromatic heterocycles. The Balaban J connectivity index is 2.28. The molecule has 0 bridgehead atoms. The normalized spacial score (nSPS) is 27.7. The van der Waals surface area contributed by atoms with Crippen molar-refractivity contribution in [1.29, 1.82) is 0 Å². The first-order valence-electron chi connectivity index (χ1n) is 5.96. The van der Waals surface area contributed by atoms with Crippen LogP contribution in [0.25, 0.3) is 0 Å². The molecule has 0 unspecified atom stereocenters. The van der Waals surface area contributed by atoms with Crippen molar-refractivity contribution in [3.63, 3.8) is 0 Å². The van der Waals surface area contributed by atoms with Gasteiger partial charge in [-0.1, -0.05) is 19.8 Å². The zero-order chi connectivity index (χ0) is 11.5. The largest absolute Gasteiger partial charge is 0.368 e. The van der Waals surface area contributed by atoms with Crippen LogP contribution in [-0.2, 0) is 4.79 Å². The monoisotopic (exact) mass is 212 g/mol. The van der Waals surface area contributed by atoms with Gasteiger partial charge in [0.05, 0.1) is 5.54 Å². The molecular weight excluding hydrogens is 188 g/mol. The van der Waals surface area contributed by atoms with Crippen molar-refractivity contribution in [3.8, 4) is 0 Å². The van der Waals surface area contributed by atoms with Crippen LogP contribution in [-0.4, -0.2) is 18.0 Å². The number of rotatable bonds is 4. The Labute approximate surface area is 92.8 Å². The molecule has 0 radical (unpaired) electrons. The van der Waals surface area contributed by atoms with Gasteiger partial charge in [0, 0.05) is 0 Å². The van der Waals surface area contributed by atoms with Crippen LogP contribution >= 0.6 is 0 Å². The lowest BCUT2D eigenvalue weighted by Gasteiger charge is -2.30. The second kappa shape index (κ2) is 4.97. The van der Waals surface area contributed by atoms with Crippen molar-refractivity contribution in [3.05, 3.63) is 0 Å². The second-order valence-electron chi connectivity index (χ2n) is 5.50. The predicted octanol–water partition coefficient (Wildman–Crippen LogP) is 1.67. The molecule has 0 spiro atoms. The maximum atomic E-state index is 11.1. The van der Waals surface area contributed by atoms with E-state index in [0.717, 1.165) is 18.4 Å². The quantitative estimate of drug-likeness (QED) is 0.744. The molecule has 88 valence electrons. The van der Waals surface area contributed by atoms with Crippen LogP contribution in [0.1, 0.15) is 46.5 Å². The van der Waals surface area contributed by atoms with Gasteiger partial charge in [0.1, 0.15) is 0 Å². The lowest BCUT2D eigenvalue weighted by atomic mass is 9.82. The van der Waals surface area contributed by atoms with Crippen molar-refractivity contribution >= 4 is 5.91 Å². The highest BCUT2D eigenvalue weighted by Crippen LogP contribution is 2.27. The van der Waals surface area contributed by atoms with Gasteiger partial charge in [0.2, 0.25) is 5.91 Å². The van der Waals surface area contributed by atoms with E-state index in [1.165, 1.54) is 25.7 Å². The summed E-state index contributed by atoms with van der Waals surface area (Å²) in [6.45, 7) is 6.93. The summed E-state index contributed by atoms with van der Waals surface area (Å²) in [5.74, 6) is 1.33. The second-order valence-corrected chi connectivity index (χ2v) is 5.50. The van der Waals surface area contributed by atoms with Gasteiger partial charge in [-0.05, 0) is 45.1 Å². The summed E-state index contributed by atoms with van der Waals surface area (Å²) in [6, 6.07) is 0. The molecule has 0 aromatic carbocycles. The molecule has 1 aliphatic rings. The van der Waals surface area contributed by atoms with Gasteiger partial charge in [-0.3, -0.25) is 4.79 Å². The van der Waals surface area contributed by atoms with Crippen molar-refractivity contribution < 1.29 is 4.79 Å². The zero-order valence-electron chi connectivity index (χ0n) is 10.2. The van der Waals surface area contributed by atoms with Crippen LogP contribution < -0.4 is 11.1 Å². The Morgan fingerprint density at radius 2 is 1.87 bits per heavy atom. The number of nitrogens with two attached hydrogens (primary N) is 1. The first kappa shape index (κ1) is 12.5. The fraction of sp³-hybridized carbons (Fsp3) is 0.917. The summed E-state index contributed by atoms with van der Waals surface area (Å²) in [5.41, 5.74) is 4.74. The fourth-order valence-electron chi connectivity index (χ4n) is 2.02. The van der Waals surface area contributed by atoms with Gasteiger partial charge in [0.25, 0.3) is 0 Å². The molecule has 0 heterocycles. The molecule has 0 aliphatic heterocycles. The van der Waals surface area contributed by atoms with Gasteiger partial charge in [-0.15, -0.1) is 0 Å². The van der Waals surface area contributed by atoms with E-state index in [1.54, 1.807) is 0 Å². The van der Waals surface area contributed by atoms with Crippen LogP contribution in [0, 0.1) is 11.8 Å². The first-order chi connectivity index (χ1) is 6.92. The van der Waals surface area contributed by atoms with E-state index in [0.29, 0.717) is 0 Å². The third kappa shape index (κ3) is 3.82. The minimum atomic E-state index is -0.566. The molecule has 1 saturated carbocycles.